The molecule has 0 unspecified atom stereocenters. The number of hydrogen-bond donors (Lipinski definition) is 0. The first-order valence-corrected chi connectivity index (χ1v) is 5.75. The number of aromatic nitrogens is 1. The van der Waals surface area contributed by atoms with E-state index in [1.807, 2.05) is 12.3 Å². The van der Waals surface area contributed by atoms with E-state index in [2.05, 4.69) is 29.5 Å². The summed E-state index contributed by atoms with van der Waals surface area (Å²) in [6.07, 6.45) is 2.86. The lowest BCUT2D eigenvalue weighted by molar-refractivity contribution is 0.126. The smallest absolute Gasteiger partial charge is 0.250 e. The largest absolute Gasteiger partial charge is 0.380 e. The van der Waals surface area contributed by atoms with Crippen molar-refractivity contribution in [1.29, 1.82) is 0 Å². The Morgan fingerprint density at radius 1 is 1.43 bits per heavy atom. The third-order valence-electron chi connectivity index (χ3n) is 1.77. The number of pyridine rings is 1. The number of nitrogens with zero attached hydrogens (tertiary/aromatic N) is 1. The van der Waals surface area contributed by atoms with Crippen LogP contribution >= 0.6 is 22.6 Å². The average molecular weight is 307 g/mol. The quantitative estimate of drug-likeness (QED) is 0.614. The van der Waals surface area contributed by atoms with Crippen molar-refractivity contribution in [2.24, 2.45) is 0 Å². The minimum Gasteiger partial charge on any atom is -0.380 e. The lowest BCUT2D eigenvalue weighted by Gasteiger charge is -2.06. The summed E-state index contributed by atoms with van der Waals surface area (Å²) in [6, 6.07) is 3.40. The highest BCUT2D eigenvalue weighted by atomic mass is 127. The van der Waals surface area contributed by atoms with Gasteiger partial charge in [-0.1, -0.05) is 6.92 Å². The molecule has 1 aromatic rings. The Labute approximate surface area is 97.2 Å². The molecule has 0 aliphatic rings. The van der Waals surface area contributed by atoms with Gasteiger partial charge in [-0.15, -0.1) is 0 Å². The Hall–Kier alpha value is -0.360. The molecule has 14 heavy (non-hydrogen) atoms. The fourth-order valence-electron chi connectivity index (χ4n) is 1.09. The molecule has 0 fully saturated rings. The molecule has 3 nitrogen and oxygen atoms in total. The second-order valence-corrected chi connectivity index (χ2v) is 4.24. The van der Waals surface area contributed by atoms with Crippen LogP contribution in [0.2, 0.25) is 0 Å². The Morgan fingerprint density at radius 2 is 2.21 bits per heavy atom. The van der Waals surface area contributed by atoms with Crippen molar-refractivity contribution in [2.75, 3.05) is 13.2 Å². The first kappa shape index (κ1) is 11.7. The van der Waals surface area contributed by atoms with Crippen LogP contribution in [0.3, 0.4) is 0 Å². The summed E-state index contributed by atoms with van der Waals surface area (Å²) in [4.78, 5) is 11.3. The zero-order chi connectivity index (χ0) is 10.4. The summed E-state index contributed by atoms with van der Waals surface area (Å²) in [7, 11) is 0. The lowest BCUT2D eigenvalue weighted by atomic mass is 10.4. The molecule has 0 atom stereocenters. The van der Waals surface area contributed by atoms with E-state index in [4.69, 9.17) is 4.74 Å². The molecule has 0 aliphatic heterocycles. The molecule has 0 radical (unpaired) electrons. The molecule has 1 rings (SSSR count). The maximum absolute atomic E-state index is 11.3. The molecular weight excluding hydrogens is 293 g/mol. The zero-order valence-electron chi connectivity index (χ0n) is 8.20. The summed E-state index contributed by atoms with van der Waals surface area (Å²) < 4.78 is 8.06. The molecule has 0 amide bonds. The van der Waals surface area contributed by atoms with Gasteiger partial charge in [0.2, 0.25) is 0 Å². The Morgan fingerprint density at radius 3 is 2.93 bits per heavy atom. The molecule has 0 saturated carbocycles. The van der Waals surface area contributed by atoms with E-state index < -0.39 is 0 Å². The summed E-state index contributed by atoms with van der Waals surface area (Å²) >= 11 is 2.19. The Balaban J connectivity index is 2.49. The number of ether oxygens (including phenoxy) is 1. The molecule has 0 N–H and O–H groups in total. The standard InChI is InChI=1S/C10H14INO2/c1-2-6-14-7-5-12-8-9(11)3-4-10(12)13/h3-4,8H,2,5-7H2,1H3. The molecule has 78 valence electrons. The van der Waals surface area contributed by atoms with Gasteiger partial charge in [-0.2, -0.15) is 0 Å². The van der Waals surface area contributed by atoms with Gasteiger partial charge >= 0.3 is 0 Å². The minimum atomic E-state index is 0.0329. The highest BCUT2D eigenvalue weighted by Crippen LogP contribution is 1.99. The topological polar surface area (TPSA) is 31.2 Å². The van der Waals surface area contributed by atoms with Crippen LogP contribution in [0.15, 0.2) is 23.1 Å². The van der Waals surface area contributed by atoms with Crippen LogP contribution in [0.5, 0.6) is 0 Å². The summed E-state index contributed by atoms with van der Waals surface area (Å²) in [5.41, 5.74) is 0.0329. The van der Waals surface area contributed by atoms with Crippen molar-refractivity contribution in [3.63, 3.8) is 0 Å². The van der Waals surface area contributed by atoms with Crippen molar-refractivity contribution >= 4 is 22.6 Å². The first-order chi connectivity index (χ1) is 6.74. The Kier molecular flexibility index (Phi) is 5.17. The van der Waals surface area contributed by atoms with Gasteiger partial charge in [-0.25, -0.2) is 0 Å². The van der Waals surface area contributed by atoms with Crippen molar-refractivity contribution in [3.05, 3.63) is 32.3 Å². The zero-order valence-corrected chi connectivity index (χ0v) is 10.4. The summed E-state index contributed by atoms with van der Waals surface area (Å²) in [5, 5.41) is 0. The molecule has 0 aromatic carbocycles. The molecule has 1 heterocycles. The van der Waals surface area contributed by atoms with Crippen LogP contribution in [0.25, 0.3) is 0 Å². The second-order valence-electron chi connectivity index (χ2n) is 2.99. The minimum absolute atomic E-state index is 0.0329. The van der Waals surface area contributed by atoms with E-state index >= 15 is 0 Å². The number of halogens is 1. The summed E-state index contributed by atoms with van der Waals surface area (Å²) in [5.74, 6) is 0. The second kappa shape index (κ2) is 6.19. The normalized spacial score (nSPS) is 10.4. The molecular formula is C10H14INO2. The highest BCUT2D eigenvalue weighted by Gasteiger charge is 1.96. The molecule has 1 aromatic heterocycles. The predicted octanol–water partition coefficient (Wildman–Crippen LogP) is 1.88. The Bertz CT molecular complexity index is 335. The van der Waals surface area contributed by atoms with Crippen LogP contribution in [0.4, 0.5) is 0 Å². The molecule has 4 heteroatoms. The van der Waals surface area contributed by atoms with E-state index in [1.165, 1.54) is 0 Å². The fourth-order valence-corrected chi connectivity index (χ4v) is 1.60. The van der Waals surface area contributed by atoms with E-state index in [1.54, 1.807) is 10.6 Å². The fraction of sp³-hybridized carbons (Fsp3) is 0.500. The van der Waals surface area contributed by atoms with Crippen LogP contribution in [0.1, 0.15) is 13.3 Å². The van der Waals surface area contributed by atoms with Crippen LogP contribution in [-0.2, 0) is 11.3 Å². The molecule has 0 spiro atoms. The lowest BCUT2D eigenvalue weighted by Crippen LogP contribution is -2.21. The van der Waals surface area contributed by atoms with E-state index in [0.717, 1.165) is 16.6 Å². The maximum Gasteiger partial charge on any atom is 0.250 e. The van der Waals surface area contributed by atoms with Gasteiger partial charge in [0.1, 0.15) is 0 Å². The molecule has 0 bridgehead atoms. The maximum atomic E-state index is 11.3. The average Bonchev–Trinajstić information content (AvgIpc) is 2.18. The molecule has 0 saturated heterocycles. The van der Waals surface area contributed by atoms with Gasteiger partial charge in [0.15, 0.2) is 0 Å². The summed E-state index contributed by atoms with van der Waals surface area (Å²) in [6.45, 7) is 4.07. The monoisotopic (exact) mass is 307 g/mol. The van der Waals surface area contributed by atoms with Crippen LogP contribution in [0, 0.1) is 3.57 Å². The van der Waals surface area contributed by atoms with Crippen molar-refractivity contribution in [1.82, 2.24) is 4.57 Å². The van der Waals surface area contributed by atoms with Gasteiger partial charge in [-0.05, 0) is 35.1 Å². The third kappa shape index (κ3) is 3.79. The van der Waals surface area contributed by atoms with Gasteiger partial charge in [0, 0.05) is 29.0 Å². The first-order valence-electron chi connectivity index (χ1n) is 4.67. The van der Waals surface area contributed by atoms with Crippen molar-refractivity contribution in [3.8, 4) is 0 Å². The van der Waals surface area contributed by atoms with Gasteiger partial charge in [-0.3, -0.25) is 4.79 Å². The van der Waals surface area contributed by atoms with Gasteiger partial charge in [0.25, 0.3) is 5.56 Å². The van der Waals surface area contributed by atoms with Gasteiger partial charge < -0.3 is 9.30 Å². The van der Waals surface area contributed by atoms with Crippen molar-refractivity contribution < 1.29 is 4.74 Å². The third-order valence-corrected chi connectivity index (χ3v) is 2.41. The SMILES string of the molecule is CCCOCCn1cc(I)ccc1=O. The molecule has 0 aliphatic carbocycles. The van der Waals surface area contributed by atoms with Gasteiger partial charge in [0.05, 0.1) is 6.61 Å². The number of hydrogen-bond acceptors (Lipinski definition) is 2. The predicted molar refractivity (Wildman–Crippen MR) is 64.5 cm³/mol. The van der Waals surface area contributed by atoms with E-state index in [-0.39, 0.29) is 5.56 Å². The van der Waals surface area contributed by atoms with Crippen LogP contribution < -0.4 is 5.56 Å². The highest BCUT2D eigenvalue weighted by molar-refractivity contribution is 14.1. The number of rotatable bonds is 5. The van der Waals surface area contributed by atoms with E-state index in [9.17, 15) is 4.79 Å². The van der Waals surface area contributed by atoms with Crippen LogP contribution in [-0.4, -0.2) is 17.8 Å². The van der Waals surface area contributed by atoms with Crippen molar-refractivity contribution in [2.45, 2.75) is 19.9 Å². The van der Waals surface area contributed by atoms with E-state index in [0.29, 0.717) is 13.2 Å².